The summed E-state index contributed by atoms with van der Waals surface area (Å²) in [6.45, 7) is 1.88. The first-order valence-electron chi connectivity index (χ1n) is 5.02. The summed E-state index contributed by atoms with van der Waals surface area (Å²) in [4.78, 5) is 3.98. The van der Waals surface area contributed by atoms with E-state index in [0.29, 0.717) is 5.56 Å². The molecule has 2 nitrogen and oxygen atoms in total. The summed E-state index contributed by atoms with van der Waals surface area (Å²) < 4.78 is 13.4. The molecule has 0 radical (unpaired) electrons. The molecule has 1 unspecified atom stereocenters. The lowest BCUT2D eigenvalue weighted by molar-refractivity contribution is 0.214. The summed E-state index contributed by atoms with van der Waals surface area (Å²) in [6.07, 6.45) is 2.27. The Balaban J connectivity index is 2.39. The van der Waals surface area contributed by atoms with E-state index in [2.05, 4.69) is 4.98 Å². The van der Waals surface area contributed by atoms with Crippen molar-refractivity contribution in [1.82, 2.24) is 4.98 Å². The molecular weight excluding hydrogens is 205 g/mol. The van der Waals surface area contributed by atoms with E-state index in [9.17, 15) is 9.50 Å². The van der Waals surface area contributed by atoms with Crippen molar-refractivity contribution in [3.63, 3.8) is 0 Å². The highest BCUT2D eigenvalue weighted by atomic mass is 19.1. The number of benzene rings is 1. The lowest BCUT2D eigenvalue weighted by Crippen LogP contribution is -2.03. The standard InChI is InChI=1S/C13H12FNO/c1-9-6-10(8-15-7-9)13(16)11-4-2-3-5-12(11)14/h2-8,13,16H,1H3. The Morgan fingerprint density at radius 2 is 2.00 bits per heavy atom. The van der Waals surface area contributed by atoms with E-state index < -0.39 is 11.9 Å². The third-order valence-electron chi connectivity index (χ3n) is 2.41. The first kappa shape index (κ1) is 10.8. The summed E-state index contributed by atoms with van der Waals surface area (Å²) in [7, 11) is 0. The average Bonchev–Trinajstić information content (AvgIpc) is 2.29. The molecule has 2 aromatic rings. The number of aliphatic hydroxyl groups excluding tert-OH is 1. The molecule has 82 valence electrons. The van der Waals surface area contributed by atoms with Gasteiger partial charge < -0.3 is 5.11 Å². The van der Waals surface area contributed by atoms with Crippen molar-refractivity contribution in [3.8, 4) is 0 Å². The zero-order valence-corrected chi connectivity index (χ0v) is 8.89. The number of aromatic nitrogens is 1. The van der Waals surface area contributed by atoms with Gasteiger partial charge in [0, 0.05) is 23.5 Å². The van der Waals surface area contributed by atoms with Crippen molar-refractivity contribution in [2.45, 2.75) is 13.0 Å². The summed E-state index contributed by atoms with van der Waals surface area (Å²) in [5, 5.41) is 10.0. The molecule has 0 aliphatic heterocycles. The van der Waals surface area contributed by atoms with Crippen molar-refractivity contribution in [2.75, 3.05) is 0 Å². The number of rotatable bonds is 2. The molecule has 0 saturated carbocycles. The maximum absolute atomic E-state index is 13.4. The number of hydrogen-bond acceptors (Lipinski definition) is 2. The van der Waals surface area contributed by atoms with Crippen LogP contribution in [0, 0.1) is 12.7 Å². The predicted octanol–water partition coefficient (Wildman–Crippen LogP) is 2.61. The van der Waals surface area contributed by atoms with E-state index in [1.54, 1.807) is 36.7 Å². The van der Waals surface area contributed by atoms with Gasteiger partial charge in [-0.3, -0.25) is 4.98 Å². The van der Waals surface area contributed by atoms with Crippen LogP contribution in [0.1, 0.15) is 22.8 Å². The summed E-state index contributed by atoms with van der Waals surface area (Å²) in [6, 6.07) is 8.00. The summed E-state index contributed by atoms with van der Waals surface area (Å²) >= 11 is 0. The topological polar surface area (TPSA) is 33.1 Å². The largest absolute Gasteiger partial charge is 0.383 e. The minimum atomic E-state index is -0.964. The molecule has 0 bridgehead atoms. The Kier molecular flexibility index (Phi) is 2.97. The predicted molar refractivity (Wildman–Crippen MR) is 59.4 cm³/mol. The lowest BCUT2D eigenvalue weighted by Gasteiger charge is -2.12. The normalized spacial score (nSPS) is 12.4. The number of nitrogens with zero attached hydrogens (tertiary/aromatic N) is 1. The van der Waals surface area contributed by atoms with Gasteiger partial charge in [-0.25, -0.2) is 4.39 Å². The smallest absolute Gasteiger partial charge is 0.129 e. The highest BCUT2D eigenvalue weighted by molar-refractivity contribution is 5.30. The van der Waals surface area contributed by atoms with Gasteiger partial charge >= 0.3 is 0 Å². The second-order valence-electron chi connectivity index (χ2n) is 3.72. The second-order valence-corrected chi connectivity index (χ2v) is 3.72. The Labute approximate surface area is 93.4 Å². The monoisotopic (exact) mass is 217 g/mol. The van der Waals surface area contributed by atoms with Gasteiger partial charge in [0.1, 0.15) is 11.9 Å². The van der Waals surface area contributed by atoms with Crippen LogP contribution in [0.5, 0.6) is 0 Å². The summed E-state index contributed by atoms with van der Waals surface area (Å²) in [5.74, 6) is -0.406. The molecule has 1 N–H and O–H groups in total. The number of aliphatic hydroxyl groups is 1. The van der Waals surface area contributed by atoms with E-state index >= 15 is 0 Å². The zero-order valence-electron chi connectivity index (χ0n) is 8.89. The molecule has 0 aliphatic carbocycles. The lowest BCUT2D eigenvalue weighted by atomic mass is 10.0. The minimum Gasteiger partial charge on any atom is -0.383 e. The van der Waals surface area contributed by atoms with Crippen LogP contribution in [0.2, 0.25) is 0 Å². The number of halogens is 1. The number of pyridine rings is 1. The van der Waals surface area contributed by atoms with Gasteiger partial charge in [0.05, 0.1) is 0 Å². The van der Waals surface area contributed by atoms with Gasteiger partial charge in [-0.2, -0.15) is 0 Å². The molecule has 0 amide bonds. The van der Waals surface area contributed by atoms with Crippen LogP contribution in [0.3, 0.4) is 0 Å². The van der Waals surface area contributed by atoms with Crippen LogP contribution in [0.25, 0.3) is 0 Å². The first-order valence-corrected chi connectivity index (χ1v) is 5.02. The molecule has 0 spiro atoms. The molecule has 1 aromatic heterocycles. The third kappa shape index (κ3) is 2.09. The van der Waals surface area contributed by atoms with E-state index in [-0.39, 0.29) is 5.56 Å². The summed E-state index contributed by atoms with van der Waals surface area (Å²) in [5.41, 5.74) is 1.81. The van der Waals surface area contributed by atoms with Crippen molar-refractivity contribution in [2.24, 2.45) is 0 Å². The molecule has 3 heteroatoms. The molecule has 16 heavy (non-hydrogen) atoms. The fourth-order valence-corrected chi connectivity index (χ4v) is 1.60. The molecular formula is C13H12FNO. The van der Waals surface area contributed by atoms with Crippen LogP contribution >= 0.6 is 0 Å². The molecule has 1 heterocycles. The molecule has 1 atom stereocenters. The van der Waals surface area contributed by atoms with Crippen LogP contribution in [-0.2, 0) is 0 Å². The first-order chi connectivity index (χ1) is 7.68. The fourth-order valence-electron chi connectivity index (χ4n) is 1.60. The van der Waals surface area contributed by atoms with Gasteiger partial charge in [-0.05, 0) is 18.6 Å². The van der Waals surface area contributed by atoms with E-state index in [1.807, 2.05) is 6.92 Å². The number of aryl methyl sites for hydroxylation is 1. The molecule has 0 aliphatic rings. The number of hydrogen-bond donors (Lipinski definition) is 1. The van der Waals surface area contributed by atoms with Gasteiger partial charge in [0.2, 0.25) is 0 Å². The maximum atomic E-state index is 13.4. The van der Waals surface area contributed by atoms with Crippen LogP contribution in [0.15, 0.2) is 42.7 Å². The van der Waals surface area contributed by atoms with E-state index in [1.165, 1.54) is 6.07 Å². The van der Waals surface area contributed by atoms with Crippen LogP contribution in [-0.4, -0.2) is 10.1 Å². The zero-order chi connectivity index (χ0) is 11.5. The third-order valence-corrected chi connectivity index (χ3v) is 2.41. The van der Waals surface area contributed by atoms with Gasteiger partial charge in [0.15, 0.2) is 0 Å². The Bertz CT molecular complexity index is 499. The quantitative estimate of drug-likeness (QED) is 0.838. The molecule has 2 rings (SSSR count). The van der Waals surface area contributed by atoms with Crippen molar-refractivity contribution < 1.29 is 9.50 Å². The second kappa shape index (κ2) is 4.41. The molecule has 0 fully saturated rings. The van der Waals surface area contributed by atoms with Crippen molar-refractivity contribution in [3.05, 3.63) is 65.2 Å². The SMILES string of the molecule is Cc1cncc(C(O)c2ccccc2F)c1. The van der Waals surface area contributed by atoms with E-state index in [4.69, 9.17) is 0 Å². The molecule has 1 aromatic carbocycles. The highest BCUT2D eigenvalue weighted by Gasteiger charge is 2.14. The van der Waals surface area contributed by atoms with Crippen LogP contribution in [0.4, 0.5) is 4.39 Å². The van der Waals surface area contributed by atoms with E-state index in [0.717, 1.165) is 5.56 Å². The van der Waals surface area contributed by atoms with Crippen molar-refractivity contribution in [1.29, 1.82) is 0 Å². The maximum Gasteiger partial charge on any atom is 0.129 e. The van der Waals surface area contributed by atoms with Gasteiger partial charge in [-0.15, -0.1) is 0 Å². The highest BCUT2D eigenvalue weighted by Crippen LogP contribution is 2.23. The Hall–Kier alpha value is -1.74. The molecule has 0 saturated heterocycles. The van der Waals surface area contributed by atoms with Crippen LogP contribution < -0.4 is 0 Å². The Morgan fingerprint density at radius 3 is 2.69 bits per heavy atom. The minimum absolute atomic E-state index is 0.273. The fraction of sp³-hybridized carbons (Fsp3) is 0.154. The van der Waals surface area contributed by atoms with Gasteiger partial charge in [0.25, 0.3) is 0 Å². The van der Waals surface area contributed by atoms with Gasteiger partial charge in [-0.1, -0.05) is 24.3 Å². The average molecular weight is 217 g/mol. The van der Waals surface area contributed by atoms with Crippen molar-refractivity contribution >= 4 is 0 Å². The Morgan fingerprint density at radius 1 is 1.25 bits per heavy atom.